The number of hydrogen-bond donors (Lipinski definition) is 2. The fourth-order valence-electron chi connectivity index (χ4n) is 4.81. The van der Waals surface area contributed by atoms with Gasteiger partial charge in [0.05, 0.1) is 37.6 Å². The molecule has 2 aliphatic rings. The van der Waals surface area contributed by atoms with E-state index in [1.54, 1.807) is 0 Å². The highest BCUT2D eigenvalue weighted by Crippen LogP contribution is 2.40. The topological polar surface area (TPSA) is 77.4 Å². The summed E-state index contributed by atoms with van der Waals surface area (Å²) in [5.41, 5.74) is 2.27. The molecule has 0 aliphatic carbocycles. The molecule has 4 rings (SSSR count). The summed E-state index contributed by atoms with van der Waals surface area (Å²) in [5, 5.41) is 21.1. The third kappa shape index (κ3) is 7.60. The van der Waals surface area contributed by atoms with Gasteiger partial charge in [-0.25, -0.2) is 0 Å². The van der Waals surface area contributed by atoms with E-state index in [1.807, 2.05) is 60.7 Å². The van der Waals surface area contributed by atoms with Crippen molar-refractivity contribution in [1.82, 2.24) is 0 Å². The minimum absolute atomic E-state index is 0.162. The smallest absolute Gasteiger partial charge is 0.173 e. The first-order valence-corrected chi connectivity index (χ1v) is 12.1. The second-order valence-electron chi connectivity index (χ2n) is 9.23. The van der Waals surface area contributed by atoms with Crippen molar-refractivity contribution in [2.45, 2.75) is 81.9 Å². The van der Waals surface area contributed by atoms with Crippen LogP contribution in [0.3, 0.4) is 0 Å². The third-order valence-corrected chi connectivity index (χ3v) is 6.32. The highest BCUT2D eigenvalue weighted by molar-refractivity contribution is 5.14. The molecule has 6 heteroatoms. The van der Waals surface area contributed by atoms with Gasteiger partial charge in [-0.05, 0) is 36.8 Å². The van der Waals surface area contributed by atoms with Crippen molar-refractivity contribution in [2.75, 3.05) is 13.2 Å². The third-order valence-electron chi connectivity index (χ3n) is 6.32. The number of aliphatic hydroxyl groups excluding tert-OH is 2. The monoisotopic (exact) mass is 456 g/mol. The minimum atomic E-state index is -0.941. The Morgan fingerprint density at radius 3 is 1.55 bits per heavy atom. The zero-order chi connectivity index (χ0) is 22.9. The number of ether oxygens (including phenoxy) is 4. The lowest BCUT2D eigenvalue weighted by Gasteiger charge is -2.48. The lowest BCUT2D eigenvalue weighted by atomic mass is 9.88. The average molecular weight is 457 g/mol. The second-order valence-corrected chi connectivity index (χ2v) is 9.23. The van der Waals surface area contributed by atoms with Gasteiger partial charge in [0.25, 0.3) is 0 Å². The Kier molecular flexibility index (Phi) is 8.89. The van der Waals surface area contributed by atoms with Crippen molar-refractivity contribution in [3.05, 3.63) is 71.8 Å². The van der Waals surface area contributed by atoms with E-state index in [0.29, 0.717) is 65.0 Å². The second kappa shape index (κ2) is 12.1. The number of hydrogen-bond acceptors (Lipinski definition) is 6. The van der Waals surface area contributed by atoms with Gasteiger partial charge in [0.15, 0.2) is 5.79 Å². The molecule has 2 aliphatic heterocycles. The number of rotatable bonds is 10. The number of benzene rings is 2. The highest BCUT2D eigenvalue weighted by atomic mass is 16.7. The summed E-state index contributed by atoms with van der Waals surface area (Å²) in [6, 6.07) is 20.1. The Morgan fingerprint density at radius 1 is 0.697 bits per heavy atom. The lowest BCUT2D eigenvalue weighted by molar-refractivity contribution is -0.340. The molecule has 0 unspecified atom stereocenters. The summed E-state index contributed by atoms with van der Waals surface area (Å²) in [6.07, 6.45) is 1.87. The summed E-state index contributed by atoms with van der Waals surface area (Å²) < 4.78 is 24.3. The van der Waals surface area contributed by atoms with Crippen LogP contribution in [-0.2, 0) is 32.2 Å². The molecule has 180 valence electrons. The molecule has 0 bridgehead atoms. The van der Waals surface area contributed by atoms with Gasteiger partial charge in [-0.15, -0.1) is 0 Å². The van der Waals surface area contributed by atoms with Crippen LogP contribution >= 0.6 is 0 Å². The van der Waals surface area contributed by atoms with Gasteiger partial charge >= 0.3 is 0 Å². The molecule has 0 amide bonds. The van der Waals surface area contributed by atoms with E-state index in [2.05, 4.69) is 0 Å². The van der Waals surface area contributed by atoms with Crippen LogP contribution in [0.1, 0.15) is 49.7 Å². The van der Waals surface area contributed by atoms with E-state index in [4.69, 9.17) is 18.9 Å². The van der Waals surface area contributed by atoms with E-state index in [1.165, 1.54) is 0 Å². The van der Waals surface area contributed by atoms with E-state index >= 15 is 0 Å². The first-order valence-electron chi connectivity index (χ1n) is 12.1. The van der Waals surface area contributed by atoms with Crippen molar-refractivity contribution in [1.29, 1.82) is 0 Å². The van der Waals surface area contributed by atoms with Crippen LogP contribution in [0.25, 0.3) is 0 Å². The normalized spacial score (nSPS) is 29.9. The lowest BCUT2D eigenvalue weighted by Crippen LogP contribution is -2.55. The Bertz CT molecular complexity index is 744. The fraction of sp³-hybridized carbons (Fsp3) is 0.556. The zero-order valence-electron chi connectivity index (χ0n) is 19.2. The largest absolute Gasteiger partial charge is 0.393 e. The molecular formula is C27H36O6. The maximum Gasteiger partial charge on any atom is 0.173 e. The summed E-state index contributed by atoms with van der Waals surface area (Å²) in [6.45, 7) is 2.20. The summed E-state index contributed by atoms with van der Waals surface area (Å²) in [7, 11) is 0. The van der Waals surface area contributed by atoms with E-state index in [9.17, 15) is 10.2 Å². The summed E-state index contributed by atoms with van der Waals surface area (Å²) >= 11 is 0. The fourth-order valence-corrected chi connectivity index (χ4v) is 4.81. The van der Waals surface area contributed by atoms with Crippen molar-refractivity contribution >= 4 is 0 Å². The SMILES string of the molecule is O[C@H]1C[C@H](CCOCc2ccccc2)OC2(C1)C[C@@H](O)C[C@H](CCOCc1ccccc1)O2. The molecule has 2 aromatic carbocycles. The van der Waals surface area contributed by atoms with Crippen LogP contribution in [-0.4, -0.2) is 53.6 Å². The van der Waals surface area contributed by atoms with Gasteiger partial charge in [-0.3, -0.25) is 0 Å². The van der Waals surface area contributed by atoms with Gasteiger partial charge in [-0.2, -0.15) is 0 Å². The van der Waals surface area contributed by atoms with Crippen LogP contribution in [0.2, 0.25) is 0 Å². The van der Waals surface area contributed by atoms with E-state index in [0.717, 1.165) is 11.1 Å². The predicted molar refractivity (Wildman–Crippen MR) is 124 cm³/mol. The van der Waals surface area contributed by atoms with Crippen LogP contribution < -0.4 is 0 Å². The number of aliphatic hydroxyl groups is 2. The Morgan fingerprint density at radius 2 is 1.12 bits per heavy atom. The molecule has 2 N–H and O–H groups in total. The minimum Gasteiger partial charge on any atom is -0.393 e. The van der Waals surface area contributed by atoms with Gasteiger partial charge in [0.2, 0.25) is 0 Å². The summed E-state index contributed by atoms with van der Waals surface area (Å²) in [5.74, 6) is -0.941. The standard InChI is InChI=1S/C27H36O6/c28-23-15-25(11-13-30-19-21-7-3-1-4-8-21)32-27(17-23)18-24(29)16-26(33-27)12-14-31-20-22-9-5-2-6-10-22/h1-10,23-26,28-29H,11-20H2/t23-,24-,25-,26-,27?/m0/s1. The van der Waals surface area contributed by atoms with Crippen molar-refractivity contribution in [3.8, 4) is 0 Å². The molecule has 33 heavy (non-hydrogen) atoms. The van der Waals surface area contributed by atoms with Crippen LogP contribution in [0.4, 0.5) is 0 Å². The van der Waals surface area contributed by atoms with Crippen LogP contribution in [0.15, 0.2) is 60.7 Å². The average Bonchev–Trinajstić information content (AvgIpc) is 2.80. The molecule has 1 spiro atoms. The Labute approximate surface area is 196 Å². The van der Waals surface area contributed by atoms with Crippen molar-refractivity contribution in [2.24, 2.45) is 0 Å². The highest BCUT2D eigenvalue weighted by Gasteiger charge is 2.47. The van der Waals surface area contributed by atoms with Gasteiger partial charge < -0.3 is 29.2 Å². The van der Waals surface area contributed by atoms with Crippen molar-refractivity contribution in [3.63, 3.8) is 0 Å². The van der Waals surface area contributed by atoms with Gasteiger partial charge in [-0.1, -0.05) is 60.7 Å². The summed E-state index contributed by atoms with van der Waals surface area (Å²) in [4.78, 5) is 0. The molecular weight excluding hydrogens is 420 g/mol. The molecule has 4 atom stereocenters. The maximum atomic E-state index is 10.5. The van der Waals surface area contributed by atoms with E-state index in [-0.39, 0.29) is 12.2 Å². The molecule has 0 aromatic heterocycles. The zero-order valence-corrected chi connectivity index (χ0v) is 19.2. The van der Waals surface area contributed by atoms with E-state index < -0.39 is 18.0 Å². The van der Waals surface area contributed by atoms with Crippen LogP contribution in [0.5, 0.6) is 0 Å². The molecule has 0 saturated carbocycles. The maximum absolute atomic E-state index is 10.5. The molecule has 2 saturated heterocycles. The quantitative estimate of drug-likeness (QED) is 0.527. The predicted octanol–water partition coefficient (Wildman–Crippen LogP) is 3.98. The van der Waals surface area contributed by atoms with Crippen LogP contribution in [0, 0.1) is 0 Å². The first-order chi connectivity index (χ1) is 16.1. The molecule has 2 fully saturated rings. The Hall–Kier alpha value is -1.80. The van der Waals surface area contributed by atoms with Gasteiger partial charge in [0, 0.05) is 26.1 Å². The molecule has 2 heterocycles. The molecule has 2 aromatic rings. The Balaban J connectivity index is 1.23. The first kappa shape index (κ1) is 24.3. The van der Waals surface area contributed by atoms with Crippen molar-refractivity contribution < 1.29 is 29.2 Å². The molecule has 6 nitrogen and oxygen atoms in total. The molecule has 0 radical (unpaired) electrons. The van der Waals surface area contributed by atoms with Gasteiger partial charge in [0.1, 0.15) is 0 Å².